The molecule has 3 rings (SSSR count). The van der Waals surface area contributed by atoms with Gasteiger partial charge in [0.1, 0.15) is 5.82 Å². The Hall–Kier alpha value is -2.07. The van der Waals surface area contributed by atoms with E-state index in [4.69, 9.17) is 28.2 Å². The molecule has 26 heavy (non-hydrogen) atoms. The molecule has 0 aromatic heterocycles. The number of allylic oxidation sites excluding steroid dienone is 1. The molecule has 0 radical (unpaired) electrons. The molecular weight excluding hydrogens is 388 g/mol. The zero-order valence-corrected chi connectivity index (χ0v) is 15.9. The van der Waals surface area contributed by atoms with Gasteiger partial charge in [0, 0.05) is 20.5 Å². The minimum absolute atomic E-state index is 0.246. The Bertz CT molecular complexity index is 918. The highest BCUT2D eigenvalue weighted by Gasteiger charge is 2.02. The van der Waals surface area contributed by atoms with Gasteiger partial charge in [0.05, 0.1) is 11.4 Å². The Morgan fingerprint density at radius 1 is 0.808 bits per heavy atom. The van der Waals surface area contributed by atoms with Crippen LogP contribution in [0, 0.1) is 5.82 Å². The van der Waals surface area contributed by atoms with Crippen LogP contribution in [-0.2, 0) is 0 Å². The molecule has 0 amide bonds. The van der Waals surface area contributed by atoms with E-state index < -0.39 is 0 Å². The van der Waals surface area contributed by atoms with Crippen LogP contribution in [0.4, 0.5) is 10.1 Å². The second kappa shape index (κ2) is 9.04. The summed E-state index contributed by atoms with van der Waals surface area (Å²) in [5.41, 5.74) is 2.54. The normalized spacial score (nSPS) is 11.9. The van der Waals surface area contributed by atoms with Gasteiger partial charge in [-0.05, 0) is 72.1 Å². The minimum Gasteiger partial charge on any atom is -0.248 e. The third-order valence-corrected chi connectivity index (χ3v) is 4.78. The molecule has 0 aliphatic heterocycles. The predicted molar refractivity (Wildman–Crippen MR) is 110 cm³/mol. The van der Waals surface area contributed by atoms with Crippen molar-refractivity contribution in [2.24, 2.45) is 4.99 Å². The summed E-state index contributed by atoms with van der Waals surface area (Å²) in [4.78, 5) is 5.65. The van der Waals surface area contributed by atoms with Gasteiger partial charge in [-0.1, -0.05) is 47.1 Å². The van der Waals surface area contributed by atoms with Crippen LogP contribution in [0.1, 0.15) is 5.56 Å². The van der Waals surface area contributed by atoms with Gasteiger partial charge >= 0.3 is 0 Å². The number of nitrogens with zero attached hydrogens (tertiary/aromatic N) is 1. The zero-order valence-electron chi connectivity index (χ0n) is 13.6. The molecule has 0 unspecified atom stereocenters. The SMILES string of the molecule is Fc1ccc(SC=CC(=Nc2ccc(Cl)cc2)c2ccc(Cl)cc2)cc1. The molecule has 0 heterocycles. The van der Waals surface area contributed by atoms with E-state index in [-0.39, 0.29) is 5.82 Å². The highest BCUT2D eigenvalue weighted by Crippen LogP contribution is 2.22. The standard InChI is InChI=1S/C21H14Cl2FNS/c22-16-3-1-15(2-4-16)21(25-19-9-5-17(23)6-10-19)13-14-26-20-11-7-18(24)8-12-20/h1-14H. The van der Waals surface area contributed by atoms with Gasteiger partial charge in [-0.25, -0.2) is 9.38 Å². The third kappa shape index (κ3) is 5.46. The Labute approximate surface area is 166 Å². The van der Waals surface area contributed by atoms with Gasteiger partial charge in [0.15, 0.2) is 0 Å². The van der Waals surface area contributed by atoms with Crippen LogP contribution in [0.15, 0.2) is 94.2 Å². The first-order valence-corrected chi connectivity index (χ1v) is 9.43. The summed E-state index contributed by atoms with van der Waals surface area (Å²) in [5.74, 6) is -0.246. The molecule has 0 saturated carbocycles. The van der Waals surface area contributed by atoms with E-state index in [1.54, 1.807) is 24.3 Å². The lowest BCUT2D eigenvalue weighted by molar-refractivity contribution is 0.626. The van der Waals surface area contributed by atoms with E-state index in [0.29, 0.717) is 10.0 Å². The van der Waals surface area contributed by atoms with Gasteiger partial charge in [-0.2, -0.15) is 0 Å². The number of rotatable bonds is 5. The largest absolute Gasteiger partial charge is 0.248 e. The van der Waals surface area contributed by atoms with Gasteiger partial charge in [0.25, 0.3) is 0 Å². The summed E-state index contributed by atoms with van der Waals surface area (Å²) in [6.45, 7) is 0. The number of benzene rings is 3. The maximum absolute atomic E-state index is 13.0. The van der Waals surface area contributed by atoms with E-state index in [1.165, 1.54) is 23.9 Å². The van der Waals surface area contributed by atoms with Crippen molar-refractivity contribution in [1.82, 2.24) is 0 Å². The first-order chi connectivity index (χ1) is 12.6. The first-order valence-electron chi connectivity index (χ1n) is 7.79. The summed E-state index contributed by atoms with van der Waals surface area (Å²) in [7, 11) is 0. The van der Waals surface area contributed by atoms with Gasteiger partial charge in [-0.3, -0.25) is 0 Å². The van der Waals surface area contributed by atoms with E-state index in [0.717, 1.165) is 21.9 Å². The molecule has 0 fully saturated rings. The summed E-state index contributed by atoms with van der Waals surface area (Å²) < 4.78 is 13.0. The molecule has 5 heteroatoms. The lowest BCUT2D eigenvalue weighted by atomic mass is 10.1. The highest BCUT2D eigenvalue weighted by atomic mass is 35.5. The lowest BCUT2D eigenvalue weighted by Crippen LogP contribution is -1.95. The Balaban J connectivity index is 1.87. The van der Waals surface area contributed by atoms with Gasteiger partial charge < -0.3 is 0 Å². The molecule has 130 valence electrons. The smallest absolute Gasteiger partial charge is 0.123 e. The Morgan fingerprint density at radius 3 is 2.00 bits per heavy atom. The minimum atomic E-state index is -0.246. The lowest BCUT2D eigenvalue weighted by Gasteiger charge is -2.04. The van der Waals surface area contributed by atoms with Crippen molar-refractivity contribution in [3.63, 3.8) is 0 Å². The summed E-state index contributed by atoms with van der Waals surface area (Å²) in [6.07, 6.45) is 1.92. The molecule has 1 nitrogen and oxygen atoms in total. The maximum atomic E-state index is 13.0. The molecule has 0 atom stereocenters. The van der Waals surface area contributed by atoms with Gasteiger partial charge in [0.2, 0.25) is 0 Å². The number of hydrogen-bond acceptors (Lipinski definition) is 2. The van der Waals surface area contributed by atoms with Crippen LogP contribution < -0.4 is 0 Å². The van der Waals surface area contributed by atoms with Crippen LogP contribution in [0.2, 0.25) is 10.0 Å². The fourth-order valence-corrected chi connectivity index (χ4v) is 3.06. The third-order valence-electron chi connectivity index (χ3n) is 3.46. The Morgan fingerprint density at radius 2 is 1.38 bits per heavy atom. The number of hydrogen-bond donors (Lipinski definition) is 0. The van der Waals surface area contributed by atoms with Crippen molar-refractivity contribution < 1.29 is 4.39 Å². The van der Waals surface area contributed by atoms with E-state index in [2.05, 4.69) is 0 Å². The first kappa shape index (κ1) is 18.7. The Kier molecular flexibility index (Phi) is 6.51. The number of halogens is 3. The summed E-state index contributed by atoms with van der Waals surface area (Å²) >= 11 is 13.4. The molecular formula is C21H14Cl2FNS. The van der Waals surface area contributed by atoms with Crippen molar-refractivity contribution in [1.29, 1.82) is 0 Å². The predicted octanol–water partition coefficient (Wildman–Crippen LogP) is 7.56. The van der Waals surface area contributed by atoms with Gasteiger partial charge in [-0.15, -0.1) is 0 Å². The van der Waals surface area contributed by atoms with Crippen molar-refractivity contribution in [2.45, 2.75) is 4.90 Å². The van der Waals surface area contributed by atoms with Crippen LogP contribution in [-0.4, -0.2) is 5.71 Å². The molecule has 3 aromatic carbocycles. The average molecular weight is 402 g/mol. The molecule has 0 saturated heterocycles. The quantitative estimate of drug-likeness (QED) is 0.317. The van der Waals surface area contributed by atoms with Crippen molar-refractivity contribution in [2.75, 3.05) is 0 Å². The second-order valence-electron chi connectivity index (χ2n) is 5.35. The second-order valence-corrected chi connectivity index (χ2v) is 7.21. The number of aliphatic imine (C=N–C) groups is 1. The molecule has 3 aromatic rings. The van der Waals surface area contributed by atoms with Crippen LogP contribution >= 0.6 is 35.0 Å². The molecule has 0 aliphatic rings. The molecule has 0 aliphatic carbocycles. The van der Waals surface area contributed by atoms with E-state index in [9.17, 15) is 4.39 Å². The van der Waals surface area contributed by atoms with E-state index >= 15 is 0 Å². The van der Waals surface area contributed by atoms with Crippen LogP contribution in [0.5, 0.6) is 0 Å². The molecule has 0 bridgehead atoms. The maximum Gasteiger partial charge on any atom is 0.123 e. The summed E-state index contributed by atoms with van der Waals surface area (Å²) in [6, 6.07) is 21.2. The monoisotopic (exact) mass is 401 g/mol. The topological polar surface area (TPSA) is 12.4 Å². The highest BCUT2D eigenvalue weighted by molar-refractivity contribution is 8.02. The molecule has 0 spiro atoms. The van der Waals surface area contributed by atoms with Crippen molar-refractivity contribution >= 4 is 46.4 Å². The average Bonchev–Trinajstić information content (AvgIpc) is 2.65. The summed E-state index contributed by atoms with van der Waals surface area (Å²) in [5, 5.41) is 3.26. The molecule has 0 N–H and O–H groups in total. The van der Waals surface area contributed by atoms with Crippen LogP contribution in [0.25, 0.3) is 0 Å². The van der Waals surface area contributed by atoms with Crippen LogP contribution in [0.3, 0.4) is 0 Å². The zero-order chi connectivity index (χ0) is 18.4. The van der Waals surface area contributed by atoms with Crippen molar-refractivity contribution in [3.05, 3.63) is 106 Å². The fourth-order valence-electron chi connectivity index (χ4n) is 2.16. The fraction of sp³-hybridized carbons (Fsp3) is 0. The van der Waals surface area contributed by atoms with Crippen molar-refractivity contribution in [3.8, 4) is 0 Å². The van der Waals surface area contributed by atoms with E-state index in [1.807, 2.05) is 47.9 Å². The number of thioether (sulfide) groups is 1.